The van der Waals surface area contributed by atoms with Crippen molar-refractivity contribution in [3.63, 3.8) is 0 Å². The molecule has 0 spiro atoms. The Morgan fingerprint density at radius 3 is 3.06 bits per heavy atom. The second-order valence-corrected chi connectivity index (χ2v) is 5.44. The molecule has 98 valence electrons. The Morgan fingerprint density at radius 1 is 1.56 bits per heavy atom. The van der Waals surface area contributed by atoms with E-state index < -0.39 is 0 Å². The van der Waals surface area contributed by atoms with Gasteiger partial charge in [0.15, 0.2) is 0 Å². The normalized spacial score (nSPS) is 19.6. The van der Waals surface area contributed by atoms with Crippen molar-refractivity contribution in [2.75, 3.05) is 18.4 Å². The maximum Gasteiger partial charge on any atom is 0.224 e. The molecule has 0 bridgehead atoms. The molecule has 0 aromatic heterocycles. The standard InChI is InChI=1S/C13H16BrFN2O/c14-11-7-10(15)3-4-12(11)17-13(18)6-9-2-1-5-16-8-9/h3-4,7,9,16H,1-2,5-6,8H2,(H,17,18). The molecule has 1 unspecified atom stereocenters. The molecular formula is C13H16BrFN2O. The quantitative estimate of drug-likeness (QED) is 0.900. The van der Waals surface area contributed by atoms with Gasteiger partial charge >= 0.3 is 0 Å². The summed E-state index contributed by atoms with van der Waals surface area (Å²) in [6.07, 6.45) is 2.72. The third kappa shape index (κ3) is 3.78. The molecular weight excluding hydrogens is 299 g/mol. The number of benzene rings is 1. The predicted molar refractivity (Wildman–Crippen MR) is 72.9 cm³/mol. The van der Waals surface area contributed by atoms with E-state index in [0.29, 0.717) is 22.5 Å². The number of amides is 1. The molecule has 0 aliphatic carbocycles. The van der Waals surface area contributed by atoms with Gasteiger partial charge in [-0.05, 0) is 66.0 Å². The van der Waals surface area contributed by atoms with Crippen LogP contribution in [0.1, 0.15) is 19.3 Å². The average molecular weight is 315 g/mol. The molecule has 1 saturated heterocycles. The third-order valence-corrected chi connectivity index (χ3v) is 3.73. The summed E-state index contributed by atoms with van der Waals surface area (Å²) in [6.45, 7) is 1.94. The highest BCUT2D eigenvalue weighted by atomic mass is 79.9. The van der Waals surface area contributed by atoms with Crippen LogP contribution in [0.25, 0.3) is 0 Å². The maximum atomic E-state index is 12.9. The lowest BCUT2D eigenvalue weighted by molar-refractivity contribution is -0.117. The van der Waals surface area contributed by atoms with Crippen LogP contribution in [0.4, 0.5) is 10.1 Å². The van der Waals surface area contributed by atoms with Gasteiger partial charge in [-0.1, -0.05) is 0 Å². The molecule has 1 amide bonds. The summed E-state index contributed by atoms with van der Waals surface area (Å²) < 4.78 is 13.5. The Kier molecular flexibility index (Phi) is 4.72. The molecule has 1 aliphatic rings. The van der Waals surface area contributed by atoms with Gasteiger partial charge in [-0.3, -0.25) is 4.79 Å². The van der Waals surface area contributed by atoms with Gasteiger partial charge in [0.25, 0.3) is 0 Å². The van der Waals surface area contributed by atoms with E-state index in [1.807, 2.05) is 0 Å². The SMILES string of the molecule is O=C(CC1CCCNC1)Nc1ccc(F)cc1Br. The fourth-order valence-corrected chi connectivity index (χ4v) is 2.60. The van der Waals surface area contributed by atoms with E-state index in [4.69, 9.17) is 0 Å². The number of hydrogen-bond acceptors (Lipinski definition) is 2. The molecule has 1 heterocycles. The largest absolute Gasteiger partial charge is 0.325 e. The van der Waals surface area contributed by atoms with E-state index in [9.17, 15) is 9.18 Å². The molecule has 1 fully saturated rings. The Labute approximate surface area is 114 Å². The fourth-order valence-electron chi connectivity index (χ4n) is 2.15. The van der Waals surface area contributed by atoms with Gasteiger partial charge in [0, 0.05) is 10.9 Å². The number of rotatable bonds is 3. The first-order valence-electron chi connectivity index (χ1n) is 6.11. The van der Waals surface area contributed by atoms with Crippen LogP contribution >= 0.6 is 15.9 Å². The number of halogens is 2. The van der Waals surface area contributed by atoms with Gasteiger partial charge in [-0.25, -0.2) is 4.39 Å². The van der Waals surface area contributed by atoms with Crippen molar-refractivity contribution in [2.24, 2.45) is 5.92 Å². The van der Waals surface area contributed by atoms with E-state index in [1.54, 1.807) is 6.07 Å². The molecule has 1 aromatic rings. The lowest BCUT2D eigenvalue weighted by Crippen LogP contribution is -2.32. The molecule has 1 aromatic carbocycles. The van der Waals surface area contributed by atoms with Crippen LogP contribution < -0.4 is 10.6 Å². The van der Waals surface area contributed by atoms with Crippen LogP contribution in [0.2, 0.25) is 0 Å². The Morgan fingerprint density at radius 2 is 2.39 bits per heavy atom. The topological polar surface area (TPSA) is 41.1 Å². The Bertz CT molecular complexity index is 433. The van der Waals surface area contributed by atoms with Crippen molar-refractivity contribution in [1.29, 1.82) is 0 Å². The summed E-state index contributed by atoms with van der Waals surface area (Å²) in [6, 6.07) is 4.25. The second kappa shape index (κ2) is 6.29. The second-order valence-electron chi connectivity index (χ2n) is 4.59. The number of nitrogens with one attached hydrogen (secondary N) is 2. The van der Waals surface area contributed by atoms with Gasteiger partial charge in [-0.2, -0.15) is 0 Å². The van der Waals surface area contributed by atoms with Crippen LogP contribution in [0.15, 0.2) is 22.7 Å². The van der Waals surface area contributed by atoms with Crippen LogP contribution in [0.5, 0.6) is 0 Å². The molecule has 2 rings (SSSR count). The minimum absolute atomic E-state index is 0.0176. The number of carbonyl (C=O) groups excluding carboxylic acids is 1. The van der Waals surface area contributed by atoms with Crippen molar-refractivity contribution < 1.29 is 9.18 Å². The fraction of sp³-hybridized carbons (Fsp3) is 0.462. The predicted octanol–water partition coefficient (Wildman–Crippen LogP) is 2.92. The molecule has 3 nitrogen and oxygen atoms in total. The van der Waals surface area contributed by atoms with Gasteiger partial charge in [0.05, 0.1) is 5.69 Å². The van der Waals surface area contributed by atoms with Gasteiger partial charge in [0.2, 0.25) is 5.91 Å². The van der Waals surface area contributed by atoms with E-state index in [1.165, 1.54) is 12.1 Å². The zero-order chi connectivity index (χ0) is 13.0. The highest BCUT2D eigenvalue weighted by Crippen LogP contribution is 2.24. The molecule has 0 radical (unpaired) electrons. The average Bonchev–Trinajstić information content (AvgIpc) is 2.34. The third-order valence-electron chi connectivity index (χ3n) is 3.08. The molecule has 5 heteroatoms. The summed E-state index contributed by atoms with van der Waals surface area (Å²) in [7, 11) is 0. The zero-order valence-corrected chi connectivity index (χ0v) is 11.6. The minimum atomic E-state index is -0.323. The summed E-state index contributed by atoms with van der Waals surface area (Å²) in [5.74, 6) is 0.0605. The molecule has 18 heavy (non-hydrogen) atoms. The van der Waals surface area contributed by atoms with Crippen LogP contribution in [-0.2, 0) is 4.79 Å². The molecule has 0 saturated carbocycles. The number of anilines is 1. The lowest BCUT2D eigenvalue weighted by atomic mass is 9.96. The summed E-state index contributed by atoms with van der Waals surface area (Å²) in [4.78, 5) is 11.9. The molecule has 1 atom stereocenters. The van der Waals surface area contributed by atoms with E-state index >= 15 is 0 Å². The minimum Gasteiger partial charge on any atom is -0.325 e. The van der Waals surface area contributed by atoms with Crippen LogP contribution in [0.3, 0.4) is 0 Å². The van der Waals surface area contributed by atoms with Gasteiger partial charge in [-0.15, -0.1) is 0 Å². The highest BCUT2D eigenvalue weighted by Gasteiger charge is 2.17. The maximum absolute atomic E-state index is 12.9. The van der Waals surface area contributed by atoms with Crippen molar-refractivity contribution in [3.05, 3.63) is 28.5 Å². The van der Waals surface area contributed by atoms with E-state index in [2.05, 4.69) is 26.6 Å². The first kappa shape index (κ1) is 13.5. The van der Waals surface area contributed by atoms with Crippen LogP contribution in [0, 0.1) is 11.7 Å². The highest BCUT2D eigenvalue weighted by molar-refractivity contribution is 9.10. The Hall–Kier alpha value is -0.940. The first-order chi connectivity index (χ1) is 8.65. The summed E-state index contributed by atoms with van der Waals surface area (Å²) in [5.41, 5.74) is 0.616. The van der Waals surface area contributed by atoms with Crippen molar-refractivity contribution in [3.8, 4) is 0 Å². The lowest BCUT2D eigenvalue weighted by Gasteiger charge is -2.22. The Balaban J connectivity index is 1.90. The van der Waals surface area contributed by atoms with E-state index in [0.717, 1.165) is 25.9 Å². The van der Waals surface area contributed by atoms with Gasteiger partial charge in [0.1, 0.15) is 5.82 Å². The monoisotopic (exact) mass is 314 g/mol. The number of piperidine rings is 1. The zero-order valence-electron chi connectivity index (χ0n) is 10.0. The summed E-state index contributed by atoms with van der Waals surface area (Å²) in [5, 5.41) is 6.09. The van der Waals surface area contributed by atoms with Crippen molar-refractivity contribution >= 4 is 27.5 Å². The van der Waals surface area contributed by atoms with Crippen molar-refractivity contribution in [1.82, 2.24) is 5.32 Å². The van der Waals surface area contributed by atoms with Crippen molar-refractivity contribution in [2.45, 2.75) is 19.3 Å². The molecule has 1 aliphatic heterocycles. The number of carbonyl (C=O) groups is 1. The summed E-state index contributed by atoms with van der Waals surface area (Å²) >= 11 is 3.23. The first-order valence-corrected chi connectivity index (χ1v) is 6.90. The van der Waals surface area contributed by atoms with E-state index in [-0.39, 0.29) is 11.7 Å². The molecule has 2 N–H and O–H groups in total. The number of hydrogen-bond donors (Lipinski definition) is 2. The van der Waals surface area contributed by atoms with Gasteiger partial charge < -0.3 is 10.6 Å². The van der Waals surface area contributed by atoms with Crippen LogP contribution in [-0.4, -0.2) is 19.0 Å². The smallest absolute Gasteiger partial charge is 0.224 e.